The van der Waals surface area contributed by atoms with Gasteiger partial charge in [-0.1, -0.05) is 19.9 Å². The van der Waals surface area contributed by atoms with Crippen molar-refractivity contribution in [3.63, 3.8) is 0 Å². The van der Waals surface area contributed by atoms with Crippen LogP contribution >= 0.6 is 0 Å². The second kappa shape index (κ2) is 8.71. The summed E-state index contributed by atoms with van der Waals surface area (Å²) in [5.41, 5.74) is -4.96. The van der Waals surface area contributed by atoms with Crippen molar-refractivity contribution >= 4 is 16.7 Å². The molecule has 0 saturated carbocycles. The van der Waals surface area contributed by atoms with Gasteiger partial charge in [0.15, 0.2) is 11.4 Å². The molecule has 0 amide bonds. The molecule has 1 atom stereocenters. The van der Waals surface area contributed by atoms with Gasteiger partial charge in [-0.25, -0.2) is 24.0 Å². The number of anilines is 1. The molecule has 0 fully saturated rings. The summed E-state index contributed by atoms with van der Waals surface area (Å²) < 4.78 is 70.0. The average Bonchev–Trinajstić information content (AvgIpc) is 2.71. The Bertz CT molecular complexity index is 1170. The second-order valence-electron chi connectivity index (χ2n) is 8.43. The van der Waals surface area contributed by atoms with Crippen LogP contribution < -0.4 is 10.2 Å². The van der Waals surface area contributed by atoms with Crippen LogP contribution in [-0.2, 0) is 5.41 Å². The van der Waals surface area contributed by atoms with Gasteiger partial charge in [0.25, 0.3) is 0 Å². The van der Waals surface area contributed by atoms with Crippen LogP contribution in [0.25, 0.3) is 10.9 Å². The van der Waals surface area contributed by atoms with E-state index in [-0.39, 0.29) is 33.9 Å². The molecule has 0 spiro atoms. The van der Waals surface area contributed by atoms with Crippen LogP contribution in [0.3, 0.4) is 0 Å². The number of nitrogens with zero attached hydrogens (tertiary/aromatic N) is 2. The number of halogens is 5. The molecule has 0 bridgehead atoms. The first-order chi connectivity index (χ1) is 15.3. The lowest BCUT2D eigenvalue weighted by molar-refractivity contribution is -0.260. The molecule has 6 nitrogen and oxygen atoms in total. The van der Waals surface area contributed by atoms with Crippen LogP contribution in [0.4, 0.5) is 27.8 Å². The van der Waals surface area contributed by atoms with Crippen LogP contribution in [0.1, 0.15) is 31.7 Å². The molecular weight excluding hydrogens is 449 g/mol. The van der Waals surface area contributed by atoms with Crippen molar-refractivity contribution in [1.29, 1.82) is 0 Å². The minimum absolute atomic E-state index is 0.0712. The zero-order chi connectivity index (χ0) is 24.6. The van der Waals surface area contributed by atoms with Gasteiger partial charge in [0.2, 0.25) is 0 Å². The minimum atomic E-state index is -5.10. The number of alkyl halides is 3. The number of aromatic nitrogens is 2. The summed E-state index contributed by atoms with van der Waals surface area (Å²) in [6, 6.07) is 6.94. The maximum Gasteiger partial charge on any atom is 0.418 e. The number of hydrogen-bond acceptors (Lipinski definition) is 6. The van der Waals surface area contributed by atoms with Crippen LogP contribution in [0.2, 0.25) is 0 Å². The number of para-hydroxylation sites is 1. The molecule has 178 valence electrons. The molecule has 0 aliphatic rings. The molecule has 1 aromatic heterocycles. The smallest absolute Gasteiger partial charge is 0.379 e. The van der Waals surface area contributed by atoms with Crippen molar-refractivity contribution in [2.24, 2.45) is 0 Å². The predicted octanol–water partition coefficient (Wildman–Crippen LogP) is 5.14. The first kappa shape index (κ1) is 24.6. The predicted molar refractivity (Wildman–Crippen MR) is 111 cm³/mol. The molecule has 11 heteroatoms. The largest absolute Gasteiger partial charge is 0.418 e. The fourth-order valence-electron chi connectivity index (χ4n) is 3.79. The van der Waals surface area contributed by atoms with Crippen LogP contribution in [0.15, 0.2) is 36.4 Å². The molecule has 0 saturated heterocycles. The van der Waals surface area contributed by atoms with Crippen molar-refractivity contribution in [3.05, 3.63) is 59.4 Å². The Morgan fingerprint density at radius 2 is 1.76 bits per heavy atom. The lowest BCUT2D eigenvalue weighted by atomic mass is 9.74. The SMILES string of the molecule is Cc1nc(NCC(O)(CC(C)(C)c2cc(F)ccc2OO)C(F)(F)F)c2cccc(F)c2n1. The number of aryl methyl sites for hydroxylation is 1. The summed E-state index contributed by atoms with van der Waals surface area (Å²) in [6.07, 6.45) is -6.03. The van der Waals surface area contributed by atoms with Crippen molar-refractivity contribution < 1.29 is 37.2 Å². The third-order valence-electron chi connectivity index (χ3n) is 5.37. The maximum absolute atomic E-state index is 14.1. The van der Waals surface area contributed by atoms with Gasteiger partial charge in [-0.2, -0.15) is 13.2 Å². The van der Waals surface area contributed by atoms with Crippen LogP contribution in [0, 0.1) is 18.6 Å². The summed E-state index contributed by atoms with van der Waals surface area (Å²) >= 11 is 0. The molecule has 3 aromatic rings. The number of aliphatic hydroxyl groups is 1. The van der Waals surface area contributed by atoms with Crippen molar-refractivity contribution in [1.82, 2.24) is 9.97 Å². The summed E-state index contributed by atoms with van der Waals surface area (Å²) in [4.78, 5) is 12.2. The Morgan fingerprint density at radius 1 is 1.06 bits per heavy atom. The van der Waals surface area contributed by atoms with Crippen LogP contribution in [0.5, 0.6) is 5.75 Å². The highest BCUT2D eigenvalue weighted by Gasteiger charge is 2.56. The van der Waals surface area contributed by atoms with E-state index in [2.05, 4.69) is 20.2 Å². The Hall–Kier alpha value is -3.05. The molecule has 1 heterocycles. The average molecular weight is 471 g/mol. The zero-order valence-corrected chi connectivity index (χ0v) is 18.0. The molecule has 0 aliphatic heterocycles. The number of rotatable bonds is 7. The number of hydrogen-bond donors (Lipinski definition) is 3. The Balaban J connectivity index is 1.98. The third kappa shape index (κ3) is 4.98. The van der Waals surface area contributed by atoms with E-state index in [1.165, 1.54) is 32.9 Å². The van der Waals surface area contributed by atoms with E-state index in [1.807, 2.05) is 0 Å². The maximum atomic E-state index is 14.1. The summed E-state index contributed by atoms with van der Waals surface area (Å²) in [5.74, 6) is -1.63. The molecule has 0 radical (unpaired) electrons. The highest BCUT2D eigenvalue weighted by molar-refractivity contribution is 5.89. The summed E-state index contributed by atoms with van der Waals surface area (Å²) in [7, 11) is 0. The lowest BCUT2D eigenvalue weighted by Gasteiger charge is -2.38. The van der Waals surface area contributed by atoms with E-state index in [0.29, 0.717) is 0 Å². The van der Waals surface area contributed by atoms with E-state index in [9.17, 15) is 27.1 Å². The quantitative estimate of drug-likeness (QED) is 0.251. The van der Waals surface area contributed by atoms with Gasteiger partial charge in [0.05, 0.1) is 6.54 Å². The van der Waals surface area contributed by atoms with Gasteiger partial charge in [-0.15, -0.1) is 0 Å². The van der Waals surface area contributed by atoms with Crippen molar-refractivity contribution in [2.45, 2.75) is 44.4 Å². The first-order valence-corrected chi connectivity index (χ1v) is 9.85. The molecule has 1 unspecified atom stereocenters. The van der Waals surface area contributed by atoms with E-state index < -0.39 is 41.8 Å². The van der Waals surface area contributed by atoms with E-state index >= 15 is 0 Å². The highest BCUT2D eigenvalue weighted by atomic mass is 19.4. The van der Waals surface area contributed by atoms with Gasteiger partial charge in [0.1, 0.15) is 28.8 Å². The number of fused-ring (bicyclic) bond motifs is 1. The molecule has 2 aromatic carbocycles. The Kier molecular flexibility index (Phi) is 6.49. The first-order valence-electron chi connectivity index (χ1n) is 9.85. The van der Waals surface area contributed by atoms with Gasteiger partial charge >= 0.3 is 6.18 Å². The van der Waals surface area contributed by atoms with E-state index in [0.717, 1.165) is 24.3 Å². The third-order valence-corrected chi connectivity index (χ3v) is 5.37. The highest BCUT2D eigenvalue weighted by Crippen LogP contribution is 2.44. The minimum Gasteiger partial charge on any atom is -0.379 e. The Morgan fingerprint density at radius 3 is 2.39 bits per heavy atom. The summed E-state index contributed by atoms with van der Waals surface area (Å²) in [6.45, 7) is 3.12. The zero-order valence-electron chi connectivity index (χ0n) is 18.0. The molecule has 33 heavy (non-hydrogen) atoms. The summed E-state index contributed by atoms with van der Waals surface area (Å²) in [5, 5.41) is 22.4. The molecular formula is C22H22F5N3O3. The normalized spacial score (nSPS) is 14.2. The van der Waals surface area contributed by atoms with Gasteiger partial charge in [-0.3, -0.25) is 0 Å². The number of nitrogens with one attached hydrogen (secondary N) is 1. The Labute approximate surface area is 186 Å². The monoisotopic (exact) mass is 471 g/mol. The van der Waals surface area contributed by atoms with E-state index in [1.54, 1.807) is 0 Å². The molecule has 3 N–H and O–H groups in total. The molecule has 0 aliphatic carbocycles. The topological polar surface area (TPSA) is 87.5 Å². The van der Waals surface area contributed by atoms with Gasteiger partial charge in [0, 0.05) is 10.9 Å². The van der Waals surface area contributed by atoms with E-state index in [4.69, 9.17) is 5.26 Å². The molecule has 3 rings (SSSR count). The van der Waals surface area contributed by atoms with Crippen LogP contribution in [-0.4, -0.2) is 38.7 Å². The van der Waals surface area contributed by atoms with Gasteiger partial charge < -0.3 is 15.3 Å². The van der Waals surface area contributed by atoms with Gasteiger partial charge in [-0.05, 0) is 49.1 Å². The van der Waals surface area contributed by atoms with Crippen molar-refractivity contribution in [3.8, 4) is 5.75 Å². The standard InChI is InChI=1S/C22H22F5N3O3/c1-12-29-18-14(5-4-6-16(18)24)19(30-12)28-11-21(31,22(25,26)27)10-20(2,3)15-9-13(23)7-8-17(15)33-32/h4-9,31-32H,10-11H2,1-3H3,(H,28,29,30). The number of benzene rings is 2. The fraction of sp³-hybridized carbons (Fsp3) is 0.364. The fourth-order valence-corrected chi connectivity index (χ4v) is 3.79. The second-order valence-corrected chi connectivity index (χ2v) is 8.43. The lowest BCUT2D eigenvalue weighted by Crippen LogP contribution is -2.53. The van der Waals surface area contributed by atoms with Crippen molar-refractivity contribution in [2.75, 3.05) is 11.9 Å².